The van der Waals surface area contributed by atoms with Crippen LogP contribution in [0.3, 0.4) is 0 Å². The molecule has 98 valence electrons. The Labute approximate surface area is 124 Å². The molecule has 0 amide bonds. The maximum atomic E-state index is 5.61. The number of hydrogen-bond acceptors (Lipinski definition) is 1. The van der Waals surface area contributed by atoms with Crippen LogP contribution in [0.25, 0.3) is 0 Å². The zero-order chi connectivity index (χ0) is 13.8. The van der Waals surface area contributed by atoms with E-state index >= 15 is 0 Å². The SMILES string of the molecule is S=C(c1ccc[nH]1)c1ccccc1Cc1ccccc1. The Morgan fingerprint density at radius 2 is 1.60 bits per heavy atom. The van der Waals surface area contributed by atoms with Crippen molar-refractivity contribution in [1.29, 1.82) is 0 Å². The molecule has 0 aliphatic carbocycles. The summed E-state index contributed by atoms with van der Waals surface area (Å²) in [6.45, 7) is 0. The number of thiocarbonyl (C=S) groups is 1. The van der Waals surface area contributed by atoms with Crippen molar-refractivity contribution in [2.45, 2.75) is 6.42 Å². The molecule has 0 saturated carbocycles. The highest BCUT2D eigenvalue weighted by Gasteiger charge is 2.10. The first kappa shape index (κ1) is 12.8. The van der Waals surface area contributed by atoms with Crippen molar-refractivity contribution in [2.24, 2.45) is 0 Å². The first-order valence-corrected chi connectivity index (χ1v) is 7.05. The van der Waals surface area contributed by atoms with Crippen LogP contribution in [0.15, 0.2) is 72.9 Å². The highest BCUT2D eigenvalue weighted by molar-refractivity contribution is 7.81. The normalized spacial score (nSPS) is 10.4. The molecule has 0 bridgehead atoms. The van der Waals surface area contributed by atoms with Crippen LogP contribution in [0, 0.1) is 0 Å². The van der Waals surface area contributed by atoms with Gasteiger partial charge in [0.15, 0.2) is 0 Å². The van der Waals surface area contributed by atoms with Gasteiger partial charge < -0.3 is 4.98 Å². The Balaban J connectivity index is 1.95. The van der Waals surface area contributed by atoms with Crippen LogP contribution in [-0.2, 0) is 6.42 Å². The third-order valence-electron chi connectivity index (χ3n) is 3.34. The van der Waals surface area contributed by atoms with E-state index in [1.807, 2.05) is 30.5 Å². The summed E-state index contributed by atoms with van der Waals surface area (Å²) in [5.41, 5.74) is 4.70. The lowest BCUT2D eigenvalue weighted by molar-refractivity contribution is 1.18. The van der Waals surface area contributed by atoms with Gasteiger partial charge in [0.2, 0.25) is 0 Å². The third-order valence-corrected chi connectivity index (χ3v) is 3.78. The zero-order valence-electron chi connectivity index (χ0n) is 11.0. The van der Waals surface area contributed by atoms with Gasteiger partial charge in [-0.15, -0.1) is 0 Å². The van der Waals surface area contributed by atoms with Crippen LogP contribution in [0.4, 0.5) is 0 Å². The Morgan fingerprint density at radius 1 is 0.850 bits per heavy atom. The molecule has 20 heavy (non-hydrogen) atoms. The molecule has 0 aliphatic heterocycles. The lowest BCUT2D eigenvalue weighted by Gasteiger charge is -2.10. The van der Waals surface area contributed by atoms with Crippen molar-refractivity contribution < 1.29 is 0 Å². The van der Waals surface area contributed by atoms with Gasteiger partial charge in [0, 0.05) is 6.20 Å². The summed E-state index contributed by atoms with van der Waals surface area (Å²) >= 11 is 5.61. The summed E-state index contributed by atoms with van der Waals surface area (Å²) in [6.07, 6.45) is 2.80. The summed E-state index contributed by atoms with van der Waals surface area (Å²) in [7, 11) is 0. The molecular formula is C18H15NS. The zero-order valence-corrected chi connectivity index (χ0v) is 11.9. The van der Waals surface area contributed by atoms with Crippen LogP contribution in [0.1, 0.15) is 22.4 Å². The van der Waals surface area contributed by atoms with Gasteiger partial charge in [-0.25, -0.2) is 0 Å². The van der Waals surface area contributed by atoms with Crippen molar-refractivity contribution in [1.82, 2.24) is 4.98 Å². The fourth-order valence-electron chi connectivity index (χ4n) is 2.33. The van der Waals surface area contributed by atoms with E-state index in [1.54, 1.807) is 0 Å². The molecule has 1 aromatic heterocycles. The van der Waals surface area contributed by atoms with E-state index in [9.17, 15) is 0 Å². The molecule has 1 N–H and O–H groups in total. The maximum absolute atomic E-state index is 5.61. The van der Waals surface area contributed by atoms with Gasteiger partial charge in [0.1, 0.15) is 0 Å². The van der Waals surface area contributed by atoms with E-state index in [0.29, 0.717) is 0 Å². The quantitative estimate of drug-likeness (QED) is 0.553. The number of aromatic nitrogens is 1. The Morgan fingerprint density at radius 3 is 2.35 bits per heavy atom. The van der Waals surface area contributed by atoms with Gasteiger partial charge >= 0.3 is 0 Å². The van der Waals surface area contributed by atoms with E-state index in [-0.39, 0.29) is 0 Å². The Bertz CT molecular complexity index is 699. The lowest BCUT2D eigenvalue weighted by atomic mass is 9.97. The first-order valence-electron chi connectivity index (χ1n) is 6.64. The van der Waals surface area contributed by atoms with E-state index in [2.05, 4.69) is 47.4 Å². The maximum Gasteiger partial charge on any atom is 0.0687 e. The molecule has 1 nitrogen and oxygen atoms in total. The molecule has 0 radical (unpaired) electrons. The van der Waals surface area contributed by atoms with Gasteiger partial charge in [-0.1, -0.05) is 66.8 Å². The summed E-state index contributed by atoms with van der Waals surface area (Å²) in [5.74, 6) is 0. The summed E-state index contributed by atoms with van der Waals surface area (Å²) < 4.78 is 0. The molecule has 3 aromatic rings. The van der Waals surface area contributed by atoms with Crippen molar-refractivity contribution in [3.63, 3.8) is 0 Å². The van der Waals surface area contributed by atoms with E-state index in [4.69, 9.17) is 12.2 Å². The van der Waals surface area contributed by atoms with E-state index < -0.39 is 0 Å². The molecule has 2 aromatic carbocycles. The molecule has 0 spiro atoms. The molecule has 0 unspecified atom stereocenters. The molecule has 0 atom stereocenters. The average molecular weight is 277 g/mol. The van der Waals surface area contributed by atoms with E-state index in [1.165, 1.54) is 11.1 Å². The van der Waals surface area contributed by atoms with Gasteiger partial charge in [0.05, 0.1) is 10.6 Å². The van der Waals surface area contributed by atoms with Crippen LogP contribution < -0.4 is 0 Å². The van der Waals surface area contributed by atoms with Crippen LogP contribution in [0.5, 0.6) is 0 Å². The minimum atomic E-state index is 0.876. The topological polar surface area (TPSA) is 15.8 Å². The number of aromatic amines is 1. The van der Waals surface area contributed by atoms with Crippen molar-refractivity contribution in [3.8, 4) is 0 Å². The molecule has 1 heterocycles. The minimum Gasteiger partial charge on any atom is -0.360 e. The minimum absolute atomic E-state index is 0.876. The van der Waals surface area contributed by atoms with Gasteiger partial charge in [0.25, 0.3) is 0 Å². The second-order valence-electron chi connectivity index (χ2n) is 4.73. The number of hydrogen-bond donors (Lipinski definition) is 1. The van der Waals surface area contributed by atoms with Crippen molar-refractivity contribution in [2.75, 3.05) is 0 Å². The predicted molar refractivity (Wildman–Crippen MR) is 87.3 cm³/mol. The standard InChI is InChI=1S/C18H15NS/c20-18(17-11-6-12-19-17)16-10-5-4-9-15(16)13-14-7-2-1-3-8-14/h1-12,19H,13H2. The molecule has 3 rings (SSSR count). The molecule has 0 fully saturated rings. The average Bonchev–Trinajstić information content (AvgIpc) is 3.02. The van der Waals surface area contributed by atoms with Gasteiger partial charge in [-0.05, 0) is 35.2 Å². The smallest absolute Gasteiger partial charge is 0.0687 e. The number of nitrogens with one attached hydrogen (secondary N) is 1. The Kier molecular flexibility index (Phi) is 3.75. The largest absolute Gasteiger partial charge is 0.360 e. The second kappa shape index (κ2) is 5.85. The number of rotatable bonds is 4. The highest BCUT2D eigenvalue weighted by Crippen LogP contribution is 2.18. The lowest BCUT2D eigenvalue weighted by Crippen LogP contribution is -2.05. The van der Waals surface area contributed by atoms with Crippen LogP contribution in [-0.4, -0.2) is 9.85 Å². The molecule has 0 saturated heterocycles. The second-order valence-corrected chi connectivity index (χ2v) is 5.14. The van der Waals surface area contributed by atoms with E-state index in [0.717, 1.165) is 22.5 Å². The predicted octanol–water partition coefficient (Wildman–Crippen LogP) is 4.37. The number of benzene rings is 2. The van der Waals surface area contributed by atoms with Crippen molar-refractivity contribution in [3.05, 3.63) is 95.3 Å². The molecular weight excluding hydrogens is 262 g/mol. The third kappa shape index (κ3) is 2.70. The Hall–Kier alpha value is -2.19. The van der Waals surface area contributed by atoms with Crippen LogP contribution >= 0.6 is 12.2 Å². The first-order chi connectivity index (χ1) is 9.84. The van der Waals surface area contributed by atoms with Crippen molar-refractivity contribution >= 4 is 17.1 Å². The van der Waals surface area contributed by atoms with Gasteiger partial charge in [-0.2, -0.15) is 0 Å². The summed E-state index contributed by atoms with van der Waals surface area (Å²) in [4.78, 5) is 4.06. The van der Waals surface area contributed by atoms with Gasteiger partial charge in [-0.3, -0.25) is 0 Å². The highest BCUT2D eigenvalue weighted by atomic mass is 32.1. The molecule has 2 heteroatoms. The summed E-state index contributed by atoms with van der Waals surface area (Å²) in [5, 5.41) is 0. The fraction of sp³-hybridized carbons (Fsp3) is 0.0556. The molecule has 0 aliphatic rings. The summed E-state index contributed by atoms with van der Waals surface area (Å²) in [6, 6.07) is 22.8. The fourth-order valence-corrected chi connectivity index (χ4v) is 2.65. The monoisotopic (exact) mass is 277 g/mol. The van der Waals surface area contributed by atoms with Crippen LogP contribution in [0.2, 0.25) is 0 Å². The number of H-pyrrole nitrogens is 1.